The van der Waals surface area contributed by atoms with Crippen molar-refractivity contribution in [1.82, 2.24) is 30.1 Å². The van der Waals surface area contributed by atoms with Crippen LogP contribution in [0.1, 0.15) is 63.2 Å². The Morgan fingerprint density at radius 1 is 0.977 bits per heavy atom. The van der Waals surface area contributed by atoms with Gasteiger partial charge < -0.3 is 0 Å². The summed E-state index contributed by atoms with van der Waals surface area (Å²) in [5, 5.41) is 15.3. The van der Waals surface area contributed by atoms with E-state index in [0.29, 0.717) is 11.7 Å². The highest BCUT2D eigenvalue weighted by Gasteiger charge is 2.31. The second kappa shape index (κ2) is 13.9. The van der Waals surface area contributed by atoms with E-state index >= 15 is 0 Å². The van der Waals surface area contributed by atoms with Gasteiger partial charge in [0.25, 0.3) is 0 Å². The van der Waals surface area contributed by atoms with E-state index in [0.717, 1.165) is 64.3 Å². The Bertz CT molecular complexity index is 1610. The van der Waals surface area contributed by atoms with Gasteiger partial charge in [0.2, 0.25) is 0 Å². The fourth-order valence-electron chi connectivity index (χ4n) is 5.13. The van der Waals surface area contributed by atoms with E-state index < -0.39 is 0 Å². The van der Waals surface area contributed by atoms with Crippen LogP contribution in [0.2, 0.25) is 0 Å². The minimum absolute atomic E-state index is 0. The number of rotatable bonds is 7. The molecule has 224 valence electrons. The van der Waals surface area contributed by atoms with E-state index in [1.165, 1.54) is 5.56 Å². The molecule has 1 N–H and O–H groups in total. The van der Waals surface area contributed by atoms with Crippen LogP contribution in [0, 0.1) is 6.92 Å². The van der Waals surface area contributed by atoms with Crippen molar-refractivity contribution >= 4 is 28.1 Å². The third kappa shape index (κ3) is 7.12. The highest BCUT2D eigenvalue weighted by molar-refractivity contribution is 8.13. The smallest absolute Gasteiger partial charge is 0.199 e. The molecule has 2 aromatic heterocycles. The number of aromatic amines is 1. The second-order valence-electron chi connectivity index (χ2n) is 10.5. The molecule has 4 aromatic rings. The average Bonchev–Trinajstić information content (AvgIpc) is 3.51. The first-order valence-electron chi connectivity index (χ1n) is 14.9. The van der Waals surface area contributed by atoms with Crippen molar-refractivity contribution in [1.29, 1.82) is 0 Å². The van der Waals surface area contributed by atoms with Crippen LogP contribution in [0.15, 0.2) is 89.1 Å². The normalized spacial score (nSPS) is 17.5. The van der Waals surface area contributed by atoms with Gasteiger partial charge in [-0.15, -0.1) is 11.8 Å². The number of pyridine rings is 1. The third-order valence-electron chi connectivity index (χ3n) is 7.45. The van der Waals surface area contributed by atoms with Crippen LogP contribution >= 0.6 is 11.8 Å². The number of allylic oxidation sites excluding steroid dienone is 1. The number of benzene rings is 2. The molecular formula is C34H42N8S. The van der Waals surface area contributed by atoms with Gasteiger partial charge in [-0.25, -0.2) is 15.0 Å². The quantitative estimate of drug-likeness (QED) is 0.179. The van der Waals surface area contributed by atoms with Gasteiger partial charge in [-0.05, 0) is 50.3 Å². The number of aliphatic imine (C=N–C) groups is 1. The molecule has 0 radical (unpaired) electrons. The van der Waals surface area contributed by atoms with Crippen LogP contribution in [0.4, 0.5) is 0 Å². The minimum atomic E-state index is -0.0874. The molecule has 0 bridgehead atoms. The standard InChI is InChI=1S/C32H34N8S.C2H6.H2/c1-21-9-8-12-29(33-21)32-35-31(36-37-32)27-18-39(19-27)17-24-13-15-26(16-14-24)30-28(25-10-6-5-7-11-25)20-40(22(2)34-30)38-23(3)41-4;1-2;/h5-16,20,22,27H,17-19H2,1-4H3,(H,35,36,37);1-2H3;1H/b38-23+;;. The average molecular weight is 595 g/mol. The number of hydrogen-bond acceptors (Lipinski definition) is 8. The molecule has 6 rings (SSSR count). The van der Waals surface area contributed by atoms with Crippen molar-refractivity contribution in [3.63, 3.8) is 0 Å². The summed E-state index contributed by atoms with van der Waals surface area (Å²) in [5.74, 6) is 1.96. The number of nitrogens with one attached hydrogen (secondary N) is 1. The van der Waals surface area contributed by atoms with Gasteiger partial charge in [0.1, 0.15) is 17.7 Å². The first kappa shape index (κ1) is 30.4. The zero-order valence-electron chi connectivity index (χ0n) is 25.8. The summed E-state index contributed by atoms with van der Waals surface area (Å²) in [4.78, 5) is 16.8. The minimum Gasteiger partial charge on any atom is -0.298 e. The molecule has 1 unspecified atom stereocenters. The number of hydrogen-bond donors (Lipinski definition) is 1. The van der Waals surface area contributed by atoms with Crippen molar-refractivity contribution in [2.45, 2.75) is 53.2 Å². The van der Waals surface area contributed by atoms with Crippen LogP contribution in [0.3, 0.4) is 0 Å². The summed E-state index contributed by atoms with van der Waals surface area (Å²) >= 11 is 1.64. The topological polar surface area (TPSA) is 85.7 Å². The molecule has 4 heterocycles. The summed E-state index contributed by atoms with van der Waals surface area (Å²) in [5.41, 5.74) is 7.37. The maximum absolute atomic E-state index is 5.10. The largest absolute Gasteiger partial charge is 0.298 e. The Morgan fingerprint density at radius 2 is 1.72 bits per heavy atom. The highest BCUT2D eigenvalue weighted by Crippen LogP contribution is 2.30. The number of aromatic nitrogens is 4. The van der Waals surface area contributed by atoms with Crippen LogP contribution in [-0.2, 0) is 6.54 Å². The number of hydrazone groups is 1. The molecule has 0 amide bonds. The molecule has 0 saturated carbocycles. The maximum atomic E-state index is 5.10. The van der Waals surface area contributed by atoms with Gasteiger partial charge >= 0.3 is 0 Å². The van der Waals surface area contributed by atoms with Crippen molar-refractivity contribution in [3.05, 3.63) is 107 Å². The molecule has 1 fully saturated rings. The van der Waals surface area contributed by atoms with E-state index in [4.69, 9.17) is 15.1 Å². The van der Waals surface area contributed by atoms with E-state index in [1.54, 1.807) is 11.8 Å². The lowest BCUT2D eigenvalue weighted by atomic mass is 9.94. The second-order valence-corrected chi connectivity index (χ2v) is 11.5. The van der Waals surface area contributed by atoms with Crippen LogP contribution in [-0.4, -0.2) is 66.3 Å². The maximum Gasteiger partial charge on any atom is 0.199 e. The fraction of sp³-hybridized carbons (Fsp3) is 0.324. The molecule has 2 aromatic carbocycles. The van der Waals surface area contributed by atoms with Gasteiger partial charge in [-0.1, -0.05) is 74.5 Å². The number of likely N-dealkylation sites (tertiary alicyclic amines) is 1. The summed E-state index contributed by atoms with van der Waals surface area (Å²) in [7, 11) is 0. The van der Waals surface area contributed by atoms with Gasteiger partial charge in [-0.3, -0.25) is 15.0 Å². The predicted octanol–water partition coefficient (Wildman–Crippen LogP) is 7.23. The first-order valence-corrected chi connectivity index (χ1v) is 16.1. The van der Waals surface area contributed by atoms with Gasteiger partial charge in [0.15, 0.2) is 5.82 Å². The summed E-state index contributed by atoms with van der Waals surface area (Å²) < 4.78 is 0. The number of aryl methyl sites for hydroxylation is 1. The molecule has 43 heavy (non-hydrogen) atoms. The third-order valence-corrected chi connectivity index (χ3v) is 8.12. The lowest BCUT2D eigenvalue weighted by Crippen LogP contribution is -2.44. The van der Waals surface area contributed by atoms with Crippen LogP contribution in [0.5, 0.6) is 0 Å². The first-order chi connectivity index (χ1) is 21.0. The SMILES string of the molecule is CC.CS/C(C)=N/N1C=C(c2ccccc2)C(c2ccc(CN3CC(c4nc(-c5cccc(C)n5)n[nH]4)C3)cc2)=NC1C.[HH]. The highest BCUT2D eigenvalue weighted by atomic mass is 32.2. The van der Waals surface area contributed by atoms with Crippen molar-refractivity contribution in [2.24, 2.45) is 10.1 Å². The molecule has 2 aliphatic rings. The summed E-state index contributed by atoms with van der Waals surface area (Å²) in [6.45, 7) is 12.9. The number of nitrogens with zero attached hydrogens (tertiary/aromatic N) is 7. The Morgan fingerprint density at radius 3 is 2.42 bits per heavy atom. The van der Waals surface area contributed by atoms with Crippen molar-refractivity contribution in [3.8, 4) is 11.5 Å². The Hall–Kier alpha value is -4.08. The zero-order valence-corrected chi connectivity index (χ0v) is 26.6. The van der Waals surface area contributed by atoms with E-state index in [1.807, 2.05) is 63.2 Å². The number of thioether (sulfide) groups is 1. The molecule has 1 saturated heterocycles. The molecular weight excluding hydrogens is 552 g/mol. The summed E-state index contributed by atoms with van der Waals surface area (Å²) in [6, 6.07) is 25.2. The zero-order chi connectivity index (χ0) is 30.3. The molecule has 8 nitrogen and oxygen atoms in total. The Balaban J connectivity index is 0.00000144. The van der Waals surface area contributed by atoms with Gasteiger partial charge in [-0.2, -0.15) is 10.2 Å². The molecule has 0 spiro atoms. The molecule has 2 aliphatic heterocycles. The fourth-order valence-corrected chi connectivity index (χ4v) is 5.30. The monoisotopic (exact) mass is 594 g/mol. The number of H-pyrrole nitrogens is 1. The lowest BCUT2D eigenvalue weighted by Gasteiger charge is -2.38. The lowest BCUT2D eigenvalue weighted by molar-refractivity contribution is 0.135. The van der Waals surface area contributed by atoms with E-state index in [-0.39, 0.29) is 7.59 Å². The van der Waals surface area contributed by atoms with Crippen LogP contribution in [0.25, 0.3) is 17.1 Å². The Labute approximate surface area is 260 Å². The molecule has 9 heteroatoms. The summed E-state index contributed by atoms with van der Waals surface area (Å²) in [6.07, 6.45) is 4.08. The van der Waals surface area contributed by atoms with Crippen LogP contribution < -0.4 is 0 Å². The van der Waals surface area contributed by atoms with Gasteiger partial charge in [0.05, 0.1) is 10.8 Å². The predicted molar refractivity (Wildman–Crippen MR) is 181 cm³/mol. The van der Waals surface area contributed by atoms with E-state index in [2.05, 4.69) is 81.7 Å². The molecule has 0 aliphatic carbocycles. The molecule has 1 atom stereocenters. The Kier molecular flexibility index (Phi) is 9.84. The van der Waals surface area contributed by atoms with Crippen molar-refractivity contribution < 1.29 is 1.43 Å². The van der Waals surface area contributed by atoms with E-state index in [9.17, 15) is 0 Å². The van der Waals surface area contributed by atoms with Crippen molar-refractivity contribution in [2.75, 3.05) is 19.3 Å². The van der Waals surface area contributed by atoms with Gasteiger partial charge in [0, 0.05) is 50.0 Å².